The van der Waals surface area contributed by atoms with Gasteiger partial charge in [0.2, 0.25) is 0 Å². The van der Waals surface area contributed by atoms with E-state index >= 15 is 0 Å². The lowest BCUT2D eigenvalue weighted by Crippen LogP contribution is -1.91. The summed E-state index contributed by atoms with van der Waals surface area (Å²) < 4.78 is 0. The third-order valence-electron chi connectivity index (χ3n) is 5.63. The van der Waals surface area contributed by atoms with Crippen molar-refractivity contribution >= 4 is 33.7 Å². The third-order valence-corrected chi connectivity index (χ3v) is 5.63. The van der Waals surface area contributed by atoms with Gasteiger partial charge < -0.3 is 5.11 Å². The van der Waals surface area contributed by atoms with Crippen LogP contribution in [0, 0.1) is 11.3 Å². The molecule has 0 saturated carbocycles. The maximum Gasteiger partial charge on any atom is 0.0944 e. The molecule has 0 atom stereocenters. The first-order chi connectivity index (χ1) is 17.2. The van der Waals surface area contributed by atoms with Crippen molar-refractivity contribution in [2.45, 2.75) is 12.8 Å². The van der Waals surface area contributed by atoms with Crippen LogP contribution in [0.1, 0.15) is 22.3 Å². The average molecular weight is 456 g/mol. The van der Waals surface area contributed by atoms with Crippen LogP contribution in [0.2, 0.25) is 0 Å². The van der Waals surface area contributed by atoms with Crippen molar-refractivity contribution in [3.05, 3.63) is 145 Å². The molecule has 0 radical (unpaired) electrons. The number of aliphatic hydroxyl groups is 1. The van der Waals surface area contributed by atoms with Gasteiger partial charge in [0.15, 0.2) is 0 Å². The lowest BCUT2D eigenvalue weighted by Gasteiger charge is -2.11. The predicted molar refractivity (Wildman–Crippen MR) is 151 cm³/mol. The zero-order valence-corrected chi connectivity index (χ0v) is 19.8. The number of hydrogen-bond donors (Lipinski definition) is 1. The smallest absolute Gasteiger partial charge is 0.0944 e. The molecule has 0 saturated heterocycles. The first-order valence-corrected chi connectivity index (χ1v) is 11.5. The molecule has 0 aromatic heterocycles. The second-order valence-electron chi connectivity index (χ2n) is 7.85. The van der Waals surface area contributed by atoms with E-state index in [0.29, 0.717) is 6.26 Å². The van der Waals surface area contributed by atoms with E-state index in [2.05, 4.69) is 110 Å². The Bertz CT molecular complexity index is 1340. The Hall–Kier alpha value is -4.61. The third kappa shape index (κ3) is 6.47. The molecule has 0 fully saturated rings. The lowest BCUT2D eigenvalue weighted by atomic mass is 9.93. The first-order valence-electron chi connectivity index (χ1n) is 11.5. The minimum Gasteiger partial charge on any atom is -0.515 e. The second-order valence-corrected chi connectivity index (χ2v) is 7.85. The van der Waals surface area contributed by atoms with Crippen LogP contribution in [0.3, 0.4) is 0 Å². The number of nitriles is 1. The fraction of sp³-hybridized carbons (Fsp3) is 0.0606. The van der Waals surface area contributed by atoms with Crippen LogP contribution in [0.5, 0.6) is 0 Å². The minimum atomic E-state index is 0.694. The largest absolute Gasteiger partial charge is 0.515 e. The molecule has 0 bridgehead atoms. The molecule has 2 nitrogen and oxygen atoms in total. The molecule has 6 rings (SSSR count). The van der Waals surface area contributed by atoms with E-state index < -0.39 is 0 Å². The van der Waals surface area contributed by atoms with Crippen LogP contribution in [-0.4, -0.2) is 5.11 Å². The van der Waals surface area contributed by atoms with E-state index in [1.165, 1.54) is 43.8 Å². The number of allylic oxidation sites excluding steroid dienone is 5. The molecule has 0 unspecified atom stereocenters. The van der Waals surface area contributed by atoms with E-state index in [9.17, 15) is 0 Å². The van der Waals surface area contributed by atoms with Crippen molar-refractivity contribution in [3.8, 4) is 6.07 Å². The minimum absolute atomic E-state index is 0.694. The van der Waals surface area contributed by atoms with Gasteiger partial charge in [0, 0.05) is 0 Å². The fourth-order valence-corrected chi connectivity index (χ4v) is 4.18. The summed E-state index contributed by atoms with van der Waals surface area (Å²) in [6, 6.07) is 27.6. The molecule has 0 spiro atoms. The van der Waals surface area contributed by atoms with E-state index in [0.717, 1.165) is 18.9 Å². The summed E-state index contributed by atoms with van der Waals surface area (Å²) in [7, 11) is 0. The molecule has 2 aliphatic rings. The van der Waals surface area contributed by atoms with E-state index in [4.69, 9.17) is 10.4 Å². The number of rotatable bonds is 1. The van der Waals surface area contributed by atoms with Gasteiger partial charge in [0.1, 0.15) is 0 Å². The van der Waals surface area contributed by atoms with Crippen molar-refractivity contribution in [3.63, 3.8) is 0 Å². The fourth-order valence-electron chi connectivity index (χ4n) is 4.18. The van der Waals surface area contributed by atoms with Gasteiger partial charge >= 0.3 is 0 Å². The quantitative estimate of drug-likeness (QED) is 0.177. The molecule has 2 heteroatoms. The standard InChI is InChI=1S/2C13H10.C4H6.C3H3NO/c2*1-4-10-6-2-8-12-9-3-7-11(5-1)13(10)12;1-3-4-2;4-2-1-3-5/h2*1-8H,9H2;3-4H,1-2H2;1,3,5H. The molecule has 172 valence electrons. The van der Waals surface area contributed by atoms with Crippen molar-refractivity contribution in [2.24, 2.45) is 0 Å². The van der Waals surface area contributed by atoms with Crippen LogP contribution in [0.4, 0.5) is 0 Å². The summed E-state index contributed by atoms with van der Waals surface area (Å²) in [6.07, 6.45) is 16.0. The van der Waals surface area contributed by atoms with E-state index in [1.54, 1.807) is 18.2 Å². The highest BCUT2D eigenvalue weighted by atomic mass is 16.2. The summed E-state index contributed by atoms with van der Waals surface area (Å²) in [5.41, 5.74) is 5.63. The summed E-state index contributed by atoms with van der Waals surface area (Å²) in [6.45, 7) is 6.72. The van der Waals surface area contributed by atoms with Gasteiger partial charge in [-0.05, 0) is 56.6 Å². The molecular weight excluding hydrogens is 426 g/mol. The highest BCUT2D eigenvalue weighted by Gasteiger charge is 2.07. The van der Waals surface area contributed by atoms with Gasteiger partial charge in [-0.2, -0.15) is 5.26 Å². The Labute approximate surface area is 207 Å². The Morgan fingerprint density at radius 3 is 1.46 bits per heavy atom. The topological polar surface area (TPSA) is 44.0 Å². The molecule has 35 heavy (non-hydrogen) atoms. The van der Waals surface area contributed by atoms with Crippen molar-refractivity contribution < 1.29 is 5.11 Å². The zero-order chi connectivity index (χ0) is 24.9. The lowest BCUT2D eigenvalue weighted by molar-refractivity contribution is 0.474. The highest BCUT2D eigenvalue weighted by Crippen LogP contribution is 2.28. The van der Waals surface area contributed by atoms with E-state index in [-0.39, 0.29) is 0 Å². The van der Waals surface area contributed by atoms with Crippen LogP contribution < -0.4 is 0 Å². The van der Waals surface area contributed by atoms with Crippen molar-refractivity contribution in [1.29, 1.82) is 5.26 Å². The summed E-state index contributed by atoms with van der Waals surface area (Å²) in [5.74, 6) is 0. The maximum atomic E-state index is 7.66. The summed E-state index contributed by atoms with van der Waals surface area (Å²) >= 11 is 0. The Kier molecular flexibility index (Phi) is 9.42. The summed E-state index contributed by atoms with van der Waals surface area (Å²) in [4.78, 5) is 0. The molecule has 4 aromatic carbocycles. The Morgan fingerprint density at radius 1 is 0.686 bits per heavy atom. The van der Waals surface area contributed by atoms with E-state index in [1.807, 2.05) is 0 Å². The molecule has 0 amide bonds. The summed E-state index contributed by atoms with van der Waals surface area (Å²) in [5, 5.41) is 20.8. The molecular formula is C33H29NO. The number of hydrogen-bond acceptors (Lipinski definition) is 2. The van der Waals surface area contributed by atoms with Crippen molar-refractivity contribution in [1.82, 2.24) is 0 Å². The van der Waals surface area contributed by atoms with Crippen LogP contribution in [0.15, 0.2) is 123 Å². The van der Waals surface area contributed by atoms with Gasteiger partial charge in [0.05, 0.1) is 18.4 Å². The second kappa shape index (κ2) is 13.2. The monoisotopic (exact) mass is 455 g/mol. The van der Waals surface area contributed by atoms with Gasteiger partial charge in [-0.1, -0.05) is 122 Å². The van der Waals surface area contributed by atoms with Crippen LogP contribution in [0.25, 0.3) is 33.7 Å². The normalized spacial score (nSPS) is 11.7. The van der Waals surface area contributed by atoms with Gasteiger partial charge in [-0.15, -0.1) is 0 Å². The van der Waals surface area contributed by atoms with Crippen LogP contribution in [-0.2, 0) is 12.8 Å². The number of nitrogens with zero attached hydrogens (tertiary/aromatic N) is 1. The average Bonchev–Trinajstić information content (AvgIpc) is 2.91. The van der Waals surface area contributed by atoms with Crippen molar-refractivity contribution in [2.75, 3.05) is 0 Å². The maximum absolute atomic E-state index is 7.66. The van der Waals surface area contributed by atoms with Crippen LogP contribution >= 0.6 is 0 Å². The Balaban J connectivity index is 0.000000147. The molecule has 1 N–H and O–H groups in total. The number of benzene rings is 4. The molecule has 4 aromatic rings. The SMILES string of the molecule is C1=Cc2cccc3cccc(c23)C1.C1=Cc2cccc3cccc(c23)C1.C=CC=C.N#CC=CO. The molecule has 2 aliphatic carbocycles. The first kappa shape index (κ1) is 25.0. The molecule has 0 heterocycles. The van der Waals surface area contributed by atoms with Gasteiger partial charge in [-0.3, -0.25) is 0 Å². The van der Waals surface area contributed by atoms with Gasteiger partial charge in [0.25, 0.3) is 0 Å². The highest BCUT2D eigenvalue weighted by molar-refractivity contribution is 5.95. The molecule has 0 aliphatic heterocycles. The Morgan fingerprint density at radius 2 is 1.11 bits per heavy atom. The predicted octanol–water partition coefficient (Wildman–Crippen LogP) is 8.76. The number of aliphatic hydroxyl groups excluding tert-OH is 1. The zero-order valence-electron chi connectivity index (χ0n) is 19.8. The van der Waals surface area contributed by atoms with Gasteiger partial charge in [-0.25, -0.2) is 0 Å².